The fourth-order valence-electron chi connectivity index (χ4n) is 2.59. The highest BCUT2D eigenvalue weighted by Crippen LogP contribution is 2.45. The Balaban J connectivity index is 2.05. The van der Waals surface area contributed by atoms with Crippen LogP contribution in [0, 0.1) is 0 Å². The van der Waals surface area contributed by atoms with Crippen molar-refractivity contribution in [3.8, 4) is 0 Å². The lowest BCUT2D eigenvalue weighted by atomic mass is 10.1. The molecule has 2 aromatic heterocycles. The predicted octanol–water partition coefficient (Wildman–Crippen LogP) is -1.66. The smallest absolute Gasteiger partial charge is 0.394 e. The molecule has 6 N–H and O–H groups in total. The number of nitrogen functional groups attached to an aromatic ring is 1. The number of aromatic nitrogens is 4. The molecule has 25 heavy (non-hydrogen) atoms. The Labute approximate surface area is 137 Å². The SMILES string of the molecule is Nc1nc2c(ncn2[C@@H]2O[C@H](CO)[C@@H](OP(=O)(O)O)[C@H]2OF)c(=O)[nH]1. The summed E-state index contributed by atoms with van der Waals surface area (Å²) in [5.41, 5.74) is 4.60. The summed E-state index contributed by atoms with van der Waals surface area (Å²) < 4.78 is 35.1. The Morgan fingerprint density at radius 1 is 1.48 bits per heavy atom. The number of phosphoric acid groups is 1. The minimum absolute atomic E-state index is 0.0816. The third-order valence-electron chi connectivity index (χ3n) is 3.55. The van der Waals surface area contributed by atoms with Gasteiger partial charge in [-0.25, -0.2) is 9.55 Å². The molecular weight excluding hydrogens is 368 g/mol. The highest BCUT2D eigenvalue weighted by atomic mass is 31.2. The second-order valence-electron chi connectivity index (χ2n) is 5.14. The first-order valence-corrected chi connectivity index (χ1v) is 8.28. The molecule has 13 nitrogen and oxygen atoms in total. The van der Waals surface area contributed by atoms with Crippen molar-refractivity contribution in [3.05, 3.63) is 16.7 Å². The van der Waals surface area contributed by atoms with E-state index in [4.69, 9.17) is 20.3 Å². The van der Waals surface area contributed by atoms with E-state index in [9.17, 15) is 19.0 Å². The summed E-state index contributed by atoms with van der Waals surface area (Å²) >= 11 is 0. The molecule has 1 aliphatic heterocycles. The van der Waals surface area contributed by atoms with E-state index >= 15 is 0 Å². The first kappa shape index (κ1) is 17.9. The third kappa shape index (κ3) is 3.28. The molecule has 3 rings (SSSR count). The fourth-order valence-corrected chi connectivity index (χ4v) is 3.16. The number of aliphatic hydroxyl groups is 1. The largest absolute Gasteiger partial charge is 0.470 e. The van der Waals surface area contributed by atoms with E-state index in [1.54, 1.807) is 0 Å². The molecule has 0 saturated carbocycles. The Morgan fingerprint density at radius 3 is 2.80 bits per heavy atom. The number of phosphoric ester groups is 1. The van der Waals surface area contributed by atoms with Gasteiger partial charge in [0.2, 0.25) is 5.95 Å². The Hall–Kier alpha value is -1.93. The number of H-pyrrole nitrogens is 1. The van der Waals surface area contributed by atoms with Gasteiger partial charge in [0.25, 0.3) is 5.56 Å². The van der Waals surface area contributed by atoms with Gasteiger partial charge in [-0.1, -0.05) is 0 Å². The zero-order valence-electron chi connectivity index (χ0n) is 12.2. The van der Waals surface area contributed by atoms with Gasteiger partial charge >= 0.3 is 7.82 Å². The number of nitrogens with zero attached hydrogens (tertiary/aromatic N) is 3. The van der Waals surface area contributed by atoms with Crippen molar-refractivity contribution < 1.29 is 38.2 Å². The number of nitrogens with two attached hydrogens (primary N) is 1. The lowest BCUT2D eigenvalue weighted by Gasteiger charge is -2.20. The summed E-state index contributed by atoms with van der Waals surface area (Å²) in [6.07, 6.45) is -4.97. The topological polar surface area (TPSA) is 195 Å². The monoisotopic (exact) mass is 381 g/mol. The number of rotatable bonds is 5. The van der Waals surface area contributed by atoms with Crippen LogP contribution in [-0.4, -0.2) is 59.3 Å². The standard InChI is InChI=1S/C10H13FN5O8P/c11-23-6-5(24-25(19,20)21)3(1-17)22-9(6)16-2-13-4-7(16)14-10(12)15-8(4)18/h2-3,5-6,9,17H,1H2,(H2,19,20,21)(H3,12,14,15,18)/t3-,5-,6-,9-/m1/s1. The van der Waals surface area contributed by atoms with Crippen molar-refractivity contribution >= 4 is 24.9 Å². The maximum Gasteiger partial charge on any atom is 0.470 e. The molecular formula is C10H13FN5O8P. The van der Waals surface area contributed by atoms with Crippen molar-refractivity contribution in [1.29, 1.82) is 0 Å². The zero-order chi connectivity index (χ0) is 18.4. The number of ether oxygens (including phenoxy) is 1. The summed E-state index contributed by atoms with van der Waals surface area (Å²) in [4.78, 5) is 43.3. The van der Waals surface area contributed by atoms with Crippen molar-refractivity contribution in [3.63, 3.8) is 0 Å². The molecule has 1 saturated heterocycles. The number of hydrogen-bond donors (Lipinski definition) is 5. The van der Waals surface area contributed by atoms with Crippen LogP contribution in [0.4, 0.5) is 10.5 Å². The molecule has 0 bridgehead atoms. The van der Waals surface area contributed by atoms with Crippen LogP contribution in [-0.2, 0) is 18.8 Å². The predicted molar refractivity (Wildman–Crippen MR) is 76.5 cm³/mol. The highest BCUT2D eigenvalue weighted by molar-refractivity contribution is 7.46. The van der Waals surface area contributed by atoms with E-state index in [0.717, 1.165) is 10.9 Å². The van der Waals surface area contributed by atoms with Crippen molar-refractivity contribution in [2.24, 2.45) is 0 Å². The lowest BCUT2D eigenvalue weighted by molar-refractivity contribution is -0.219. The first-order chi connectivity index (χ1) is 11.7. The minimum Gasteiger partial charge on any atom is -0.394 e. The number of halogens is 1. The first-order valence-electron chi connectivity index (χ1n) is 6.75. The lowest BCUT2D eigenvalue weighted by Crippen LogP contribution is -2.36. The van der Waals surface area contributed by atoms with E-state index < -0.39 is 44.5 Å². The summed E-state index contributed by atoms with van der Waals surface area (Å²) in [5.74, 6) is -0.239. The molecule has 0 radical (unpaired) electrons. The van der Waals surface area contributed by atoms with Crippen LogP contribution >= 0.6 is 7.82 Å². The molecule has 0 amide bonds. The second kappa shape index (κ2) is 6.42. The van der Waals surface area contributed by atoms with E-state index in [2.05, 4.69) is 24.4 Å². The molecule has 0 unspecified atom stereocenters. The number of nitrogens with one attached hydrogen (secondary N) is 1. The van der Waals surface area contributed by atoms with Gasteiger partial charge in [0, 0.05) is 0 Å². The molecule has 1 fully saturated rings. The summed E-state index contributed by atoms with van der Waals surface area (Å²) in [6, 6.07) is 0. The van der Waals surface area contributed by atoms with Crippen LogP contribution in [0.2, 0.25) is 0 Å². The van der Waals surface area contributed by atoms with Gasteiger partial charge in [0.15, 0.2) is 23.5 Å². The van der Waals surface area contributed by atoms with E-state index in [-0.39, 0.29) is 17.1 Å². The van der Waals surface area contributed by atoms with Gasteiger partial charge < -0.3 is 25.4 Å². The molecule has 1 aliphatic rings. The zero-order valence-corrected chi connectivity index (χ0v) is 13.1. The Kier molecular flexibility index (Phi) is 4.59. The minimum atomic E-state index is -5.04. The Bertz CT molecular complexity index is 882. The molecule has 4 atom stereocenters. The third-order valence-corrected chi connectivity index (χ3v) is 4.07. The second-order valence-corrected chi connectivity index (χ2v) is 6.33. The van der Waals surface area contributed by atoms with Crippen molar-refractivity contribution in [1.82, 2.24) is 19.5 Å². The molecule has 0 aromatic carbocycles. The molecule has 15 heteroatoms. The normalized spacial score (nSPS) is 27.2. The Morgan fingerprint density at radius 2 is 2.20 bits per heavy atom. The van der Waals surface area contributed by atoms with Crippen LogP contribution in [0.1, 0.15) is 6.23 Å². The van der Waals surface area contributed by atoms with Crippen LogP contribution in [0.5, 0.6) is 0 Å². The number of imidazole rings is 1. The van der Waals surface area contributed by atoms with Crippen molar-refractivity contribution in [2.45, 2.75) is 24.5 Å². The van der Waals surface area contributed by atoms with Crippen LogP contribution < -0.4 is 11.3 Å². The van der Waals surface area contributed by atoms with Gasteiger partial charge in [-0.2, -0.15) is 9.93 Å². The average molecular weight is 381 g/mol. The maximum atomic E-state index is 13.1. The van der Waals surface area contributed by atoms with E-state index in [1.807, 2.05) is 0 Å². The van der Waals surface area contributed by atoms with Gasteiger partial charge in [-0.3, -0.25) is 18.9 Å². The average Bonchev–Trinajstić information content (AvgIpc) is 3.06. The molecule has 0 spiro atoms. The van der Waals surface area contributed by atoms with E-state index in [0.29, 0.717) is 0 Å². The highest BCUT2D eigenvalue weighted by Gasteiger charge is 2.51. The van der Waals surface area contributed by atoms with Crippen LogP contribution in [0.15, 0.2) is 11.1 Å². The van der Waals surface area contributed by atoms with Gasteiger partial charge in [-0.05, 0) is 4.53 Å². The van der Waals surface area contributed by atoms with Crippen LogP contribution in [0.3, 0.4) is 0 Å². The number of hydrogen-bond acceptors (Lipinski definition) is 9. The summed E-state index contributed by atoms with van der Waals surface area (Å²) in [5, 5.41) is 9.31. The number of aromatic amines is 1. The molecule has 2 aromatic rings. The fraction of sp³-hybridized carbons (Fsp3) is 0.500. The maximum absolute atomic E-state index is 13.1. The van der Waals surface area contributed by atoms with Crippen molar-refractivity contribution in [2.75, 3.05) is 12.3 Å². The van der Waals surface area contributed by atoms with Gasteiger partial charge in [0.1, 0.15) is 12.2 Å². The molecule has 3 heterocycles. The van der Waals surface area contributed by atoms with E-state index in [1.165, 1.54) is 0 Å². The number of anilines is 1. The van der Waals surface area contributed by atoms with Crippen LogP contribution in [0.25, 0.3) is 11.2 Å². The summed E-state index contributed by atoms with van der Waals surface area (Å²) in [7, 11) is -5.04. The number of aliphatic hydroxyl groups excluding tert-OH is 1. The van der Waals surface area contributed by atoms with Gasteiger partial charge in [0.05, 0.1) is 12.9 Å². The quantitative estimate of drug-likeness (QED) is 0.372. The summed E-state index contributed by atoms with van der Waals surface area (Å²) in [6.45, 7) is -0.746. The molecule has 138 valence electrons. The number of fused-ring (bicyclic) bond motifs is 1. The molecule has 0 aliphatic carbocycles. The van der Waals surface area contributed by atoms with Gasteiger partial charge in [-0.15, -0.1) is 0 Å².